The van der Waals surface area contributed by atoms with Crippen molar-refractivity contribution in [3.8, 4) is 11.4 Å². The maximum Gasteiger partial charge on any atom is 0.237 e. The summed E-state index contributed by atoms with van der Waals surface area (Å²) in [5.41, 5.74) is 0.833. The van der Waals surface area contributed by atoms with Crippen LogP contribution < -0.4 is 0 Å². The number of halogens is 1. The number of hydrogen-bond acceptors (Lipinski definition) is 7. The average molecular weight is 377 g/mol. The highest BCUT2D eigenvalue weighted by atomic mass is 35.5. The molecular formula is C16H17ClN6OS. The molecule has 2 aromatic heterocycles. The average Bonchev–Trinajstić information content (AvgIpc) is 3.30. The SMILES string of the molecule is Clc1cccc(-c2noc(CSc3nnnn3C3CCCCC3)n2)c1. The normalized spacial score (nSPS) is 15.6. The maximum absolute atomic E-state index is 6.01. The zero-order valence-electron chi connectivity index (χ0n) is 13.5. The second kappa shape index (κ2) is 7.53. The number of hydrogen-bond donors (Lipinski definition) is 0. The third-order valence-corrected chi connectivity index (χ3v) is 5.41. The van der Waals surface area contributed by atoms with Crippen molar-refractivity contribution in [2.24, 2.45) is 0 Å². The van der Waals surface area contributed by atoms with Crippen LogP contribution >= 0.6 is 23.4 Å². The van der Waals surface area contributed by atoms with Crippen LogP contribution in [0.5, 0.6) is 0 Å². The van der Waals surface area contributed by atoms with E-state index in [-0.39, 0.29) is 0 Å². The summed E-state index contributed by atoms with van der Waals surface area (Å²) in [6.45, 7) is 0. The van der Waals surface area contributed by atoms with E-state index in [1.807, 2.05) is 28.9 Å². The summed E-state index contributed by atoms with van der Waals surface area (Å²) in [6.07, 6.45) is 6.05. The molecule has 1 aliphatic carbocycles. The Kier molecular flexibility index (Phi) is 4.98. The Hall–Kier alpha value is -1.93. The smallest absolute Gasteiger partial charge is 0.237 e. The molecule has 1 aliphatic rings. The van der Waals surface area contributed by atoms with E-state index >= 15 is 0 Å². The first-order valence-corrected chi connectivity index (χ1v) is 9.65. The molecule has 3 aromatic rings. The van der Waals surface area contributed by atoms with E-state index in [4.69, 9.17) is 16.1 Å². The van der Waals surface area contributed by atoms with E-state index in [2.05, 4.69) is 25.7 Å². The van der Waals surface area contributed by atoms with Gasteiger partial charge in [-0.2, -0.15) is 4.98 Å². The fourth-order valence-electron chi connectivity index (χ4n) is 3.02. The molecule has 4 rings (SSSR count). The van der Waals surface area contributed by atoms with Crippen molar-refractivity contribution < 1.29 is 4.52 Å². The number of nitrogens with zero attached hydrogens (tertiary/aromatic N) is 6. The Labute approximate surface area is 154 Å². The lowest BCUT2D eigenvalue weighted by Gasteiger charge is -2.21. The third-order valence-electron chi connectivity index (χ3n) is 4.26. The van der Waals surface area contributed by atoms with Crippen molar-refractivity contribution in [1.82, 2.24) is 30.3 Å². The Balaban J connectivity index is 1.43. The minimum Gasteiger partial charge on any atom is -0.338 e. The standard InChI is InChI=1S/C16H17ClN6OS/c17-12-6-4-5-11(9-12)15-18-14(24-20-15)10-25-16-19-21-22-23(16)13-7-2-1-3-8-13/h4-6,9,13H,1-3,7-8,10H2. The molecule has 0 amide bonds. The van der Waals surface area contributed by atoms with Gasteiger partial charge in [-0.25, -0.2) is 4.68 Å². The topological polar surface area (TPSA) is 82.5 Å². The summed E-state index contributed by atoms with van der Waals surface area (Å²) in [5, 5.41) is 17.6. The van der Waals surface area contributed by atoms with Gasteiger partial charge in [0.2, 0.25) is 16.9 Å². The van der Waals surface area contributed by atoms with Gasteiger partial charge in [-0.1, -0.05) is 59.9 Å². The van der Waals surface area contributed by atoms with Gasteiger partial charge < -0.3 is 4.52 Å². The second-order valence-electron chi connectivity index (χ2n) is 6.01. The van der Waals surface area contributed by atoms with Crippen LogP contribution in [0.3, 0.4) is 0 Å². The molecule has 1 aromatic carbocycles. The number of aromatic nitrogens is 6. The molecule has 0 unspecified atom stereocenters. The molecule has 130 valence electrons. The molecule has 0 radical (unpaired) electrons. The summed E-state index contributed by atoms with van der Waals surface area (Å²) < 4.78 is 7.28. The van der Waals surface area contributed by atoms with Gasteiger partial charge in [-0.15, -0.1) is 5.10 Å². The highest BCUT2D eigenvalue weighted by Gasteiger charge is 2.21. The molecule has 1 saturated carbocycles. The summed E-state index contributed by atoms with van der Waals surface area (Å²) in [6, 6.07) is 7.79. The molecule has 0 bridgehead atoms. The summed E-state index contributed by atoms with van der Waals surface area (Å²) in [5.74, 6) is 1.60. The lowest BCUT2D eigenvalue weighted by Crippen LogP contribution is -2.15. The largest absolute Gasteiger partial charge is 0.338 e. The van der Waals surface area contributed by atoms with Crippen molar-refractivity contribution in [2.75, 3.05) is 0 Å². The van der Waals surface area contributed by atoms with E-state index in [1.54, 1.807) is 0 Å². The van der Waals surface area contributed by atoms with Crippen LogP contribution in [0.2, 0.25) is 5.02 Å². The van der Waals surface area contributed by atoms with Gasteiger partial charge in [0.1, 0.15) is 0 Å². The minimum atomic E-state index is 0.399. The number of benzene rings is 1. The molecule has 1 fully saturated rings. The van der Waals surface area contributed by atoms with E-state index in [0.29, 0.717) is 28.5 Å². The summed E-state index contributed by atoms with van der Waals surface area (Å²) in [7, 11) is 0. The Bertz CT molecular complexity index is 845. The molecule has 7 nitrogen and oxygen atoms in total. The molecule has 2 heterocycles. The second-order valence-corrected chi connectivity index (χ2v) is 7.39. The highest BCUT2D eigenvalue weighted by Crippen LogP contribution is 2.31. The van der Waals surface area contributed by atoms with Crippen molar-refractivity contribution in [3.05, 3.63) is 35.2 Å². The molecule has 0 aliphatic heterocycles. The number of tetrazole rings is 1. The van der Waals surface area contributed by atoms with Gasteiger partial charge in [0, 0.05) is 10.6 Å². The van der Waals surface area contributed by atoms with E-state index in [9.17, 15) is 0 Å². The molecule has 0 saturated heterocycles. The Morgan fingerprint density at radius 3 is 2.96 bits per heavy atom. The van der Waals surface area contributed by atoms with Crippen LogP contribution in [-0.2, 0) is 5.75 Å². The van der Waals surface area contributed by atoms with Crippen molar-refractivity contribution in [2.45, 2.75) is 49.1 Å². The summed E-state index contributed by atoms with van der Waals surface area (Å²) >= 11 is 7.52. The molecule has 25 heavy (non-hydrogen) atoms. The van der Waals surface area contributed by atoms with Crippen LogP contribution in [0.4, 0.5) is 0 Å². The van der Waals surface area contributed by atoms with Gasteiger partial charge >= 0.3 is 0 Å². The monoisotopic (exact) mass is 376 g/mol. The van der Waals surface area contributed by atoms with Crippen LogP contribution in [0.1, 0.15) is 44.0 Å². The van der Waals surface area contributed by atoms with E-state index in [1.165, 1.54) is 31.0 Å². The Morgan fingerprint density at radius 1 is 1.24 bits per heavy atom. The predicted molar refractivity (Wildman–Crippen MR) is 94.2 cm³/mol. The lowest BCUT2D eigenvalue weighted by molar-refractivity contribution is 0.307. The van der Waals surface area contributed by atoms with Gasteiger partial charge in [0.25, 0.3) is 0 Å². The minimum absolute atomic E-state index is 0.399. The van der Waals surface area contributed by atoms with Crippen molar-refractivity contribution in [3.63, 3.8) is 0 Å². The maximum atomic E-state index is 6.01. The fourth-order valence-corrected chi connectivity index (χ4v) is 3.99. The predicted octanol–water partition coefficient (Wildman–Crippen LogP) is 4.17. The first-order chi connectivity index (χ1) is 12.3. The van der Waals surface area contributed by atoms with Crippen LogP contribution in [0.25, 0.3) is 11.4 Å². The van der Waals surface area contributed by atoms with Crippen LogP contribution in [0, 0.1) is 0 Å². The zero-order valence-corrected chi connectivity index (χ0v) is 15.1. The molecule has 0 N–H and O–H groups in total. The third kappa shape index (κ3) is 3.85. The van der Waals surface area contributed by atoms with Crippen molar-refractivity contribution in [1.29, 1.82) is 0 Å². The van der Waals surface area contributed by atoms with Gasteiger partial charge in [0.15, 0.2) is 0 Å². The van der Waals surface area contributed by atoms with Crippen LogP contribution in [-0.4, -0.2) is 30.3 Å². The first-order valence-electron chi connectivity index (χ1n) is 8.29. The number of rotatable bonds is 5. The first kappa shape index (κ1) is 16.5. The molecular weight excluding hydrogens is 360 g/mol. The Morgan fingerprint density at radius 2 is 2.12 bits per heavy atom. The quantitative estimate of drug-likeness (QED) is 0.618. The number of thioether (sulfide) groups is 1. The van der Waals surface area contributed by atoms with Gasteiger partial charge in [-0.3, -0.25) is 0 Å². The van der Waals surface area contributed by atoms with Gasteiger partial charge in [0.05, 0.1) is 11.8 Å². The van der Waals surface area contributed by atoms with Crippen LogP contribution in [0.15, 0.2) is 33.9 Å². The highest BCUT2D eigenvalue weighted by molar-refractivity contribution is 7.98. The van der Waals surface area contributed by atoms with E-state index < -0.39 is 0 Å². The molecule has 0 spiro atoms. The molecule has 9 heteroatoms. The summed E-state index contributed by atoms with van der Waals surface area (Å²) in [4.78, 5) is 4.43. The van der Waals surface area contributed by atoms with Crippen molar-refractivity contribution >= 4 is 23.4 Å². The van der Waals surface area contributed by atoms with Gasteiger partial charge in [-0.05, 0) is 35.4 Å². The van der Waals surface area contributed by atoms with E-state index in [0.717, 1.165) is 23.6 Å². The zero-order chi connectivity index (χ0) is 17.1. The lowest BCUT2D eigenvalue weighted by atomic mass is 9.96. The molecule has 0 atom stereocenters. The fraction of sp³-hybridized carbons (Fsp3) is 0.438.